The first-order valence-corrected chi connectivity index (χ1v) is 13.6. The van der Waals surface area contributed by atoms with Crippen molar-refractivity contribution >= 4 is 23.7 Å². The maximum absolute atomic E-state index is 13.3. The van der Waals surface area contributed by atoms with Crippen LogP contribution in [0.4, 0.5) is 4.79 Å². The number of carbonyl (C=O) groups excluding carboxylic acids is 2. The van der Waals surface area contributed by atoms with Crippen LogP contribution in [0.3, 0.4) is 0 Å². The molecule has 8 heteroatoms. The monoisotopic (exact) mass is 497 g/mol. The molecule has 2 atom stereocenters. The van der Waals surface area contributed by atoms with Crippen LogP contribution in [-0.2, 0) is 24.2 Å². The lowest BCUT2D eigenvalue weighted by atomic mass is 9.87. The number of fused-ring (bicyclic) bond motifs is 2. The number of carbonyl (C=O) groups is 2. The van der Waals surface area contributed by atoms with Crippen LogP contribution in [0.5, 0.6) is 11.5 Å². The van der Waals surface area contributed by atoms with Crippen LogP contribution in [0.1, 0.15) is 47.6 Å². The second kappa shape index (κ2) is 11.7. The molecule has 0 spiro atoms. The van der Waals surface area contributed by atoms with E-state index in [-0.39, 0.29) is 18.0 Å². The van der Waals surface area contributed by atoms with Gasteiger partial charge in [0.2, 0.25) is 5.91 Å². The number of aryl methyl sites for hydroxylation is 1. The maximum Gasteiger partial charge on any atom is 0.318 e. The molecule has 0 saturated carbocycles. The van der Waals surface area contributed by atoms with E-state index in [1.807, 2.05) is 30.5 Å². The summed E-state index contributed by atoms with van der Waals surface area (Å²) >= 11 is 1.67. The van der Waals surface area contributed by atoms with Gasteiger partial charge in [0, 0.05) is 13.1 Å². The fraction of sp³-hybridized carbons (Fsp3) is 0.481. The van der Waals surface area contributed by atoms with Gasteiger partial charge >= 0.3 is 6.03 Å². The van der Waals surface area contributed by atoms with Crippen molar-refractivity contribution in [3.8, 4) is 11.5 Å². The van der Waals surface area contributed by atoms with Gasteiger partial charge in [-0.1, -0.05) is 24.3 Å². The molecule has 0 unspecified atom stereocenters. The zero-order valence-corrected chi connectivity index (χ0v) is 21.6. The number of benzene rings is 2. The average molecular weight is 498 g/mol. The van der Waals surface area contributed by atoms with E-state index in [9.17, 15) is 9.59 Å². The number of methoxy groups -OCH3 is 2. The quantitative estimate of drug-likeness (QED) is 0.574. The van der Waals surface area contributed by atoms with E-state index in [2.05, 4.69) is 22.8 Å². The van der Waals surface area contributed by atoms with E-state index in [4.69, 9.17) is 9.47 Å². The number of nitrogens with one attached hydrogen (secondary N) is 2. The minimum atomic E-state index is -0.573. The Bertz CT molecular complexity index is 1060. The van der Waals surface area contributed by atoms with Crippen molar-refractivity contribution in [3.05, 3.63) is 58.7 Å². The molecule has 4 rings (SSSR count). The summed E-state index contributed by atoms with van der Waals surface area (Å²) in [5.41, 5.74) is 4.68. The van der Waals surface area contributed by atoms with E-state index in [0.717, 1.165) is 42.6 Å². The highest BCUT2D eigenvalue weighted by Gasteiger charge is 2.29. The first-order valence-electron chi connectivity index (χ1n) is 12.2. The summed E-state index contributed by atoms with van der Waals surface area (Å²) in [7, 11) is 3.23. The molecule has 0 aromatic heterocycles. The predicted molar refractivity (Wildman–Crippen MR) is 139 cm³/mol. The molecule has 0 bridgehead atoms. The van der Waals surface area contributed by atoms with Gasteiger partial charge in [-0.2, -0.15) is 11.8 Å². The standard InChI is InChI=1S/C27H35N3O4S/c1-33-24-15-19-11-13-30(17-20(19)16-25(24)34-2)27(32)29-23(12-14-35-3)26(31)28-22-10-6-8-18-7-4-5-9-21(18)22/h4-5,7,9,15-16,22-23H,6,8,10-14,17H2,1-3H3,(H,28,31)(H,29,32)/t22-,23-/m0/s1. The lowest BCUT2D eigenvalue weighted by Crippen LogP contribution is -2.52. The van der Waals surface area contributed by atoms with Crippen LogP contribution in [0.25, 0.3) is 0 Å². The Labute approximate surface area is 211 Å². The number of ether oxygens (including phenoxy) is 2. The number of thioether (sulfide) groups is 1. The summed E-state index contributed by atoms with van der Waals surface area (Å²) in [6.45, 7) is 1.05. The van der Waals surface area contributed by atoms with Gasteiger partial charge in [-0.05, 0) is 78.5 Å². The second-order valence-corrected chi connectivity index (χ2v) is 10.1. The van der Waals surface area contributed by atoms with E-state index < -0.39 is 6.04 Å². The molecule has 0 fully saturated rings. The first-order chi connectivity index (χ1) is 17.0. The molecule has 1 aliphatic heterocycles. The number of nitrogens with zero attached hydrogens (tertiary/aromatic N) is 1. The minimum absolute atomic E-state index is 0.00885. The number of urea groups is 1. The Hall–Kier alpha value is -2.87. The SMILES string of the molecule is COc1cc2c(cc1OC)CN(C(=O)N[C@@H](CCSC)C(=O)N[C@H]1CCCc3ccccc31)CC2. The largest absolute Gasteiger partial charge is 0.493 e. The lowest BCUT2D eigenvalue weighted by Gasteiger charge is -2.32. The first kappa shape index (κ1) is 25.2. The van der Waals surface area contributed by atoms with Crippen LogP contribution >= 0.6 is 11.8 Å². The van der Waals surface area contributed by atoms with Crippen molar-refractivity contribution in [1.82, 2.24) is 15.5 Å². The predicted octanol–water partition coefficient (Wildman–Crippen LogP) is 4.09. The molecule has 2 N–H and O–H groups in total. The van der Waals surface area contributed by atoms with Gasteiger partial charge in [0.05, 0.1) is 20.3 Å². The Morgan fingerprint density at radius 1 is 1.09 bits per heavy atom. The van der Waals surface area contributed by atoms with Crippen molar-refractivity contribution in [2.45, 2.75) is 50.7 Å². The summed E-state index contributed by atoms with van der Waals surface area (Å²) in [5.74, 6) is 2.03. The Morgan fingerprint density at radius 2 is 1.83 bits per heavy atom. The Balaban J connectivity index is 1.43. The Kier molecular flexibility index (Phi) is 8.44. The van der Waals surface area contributed by atoms with Crippen molar-refractivity contribution in [3.63, 3.8) is 0 Å². The molecule has 0 saturated heterocycles. The normalized spacial score (nSPS) is 17.6. The third-order valence-electron chi connectivity index (χ3n) is 6.92. The van der Waals surface area contributed by atoms with E-state index in [1.165, 1.54) is 11.1 Å². The smallest absolute Gasteiger partial charge is 0.318 e. The third-order valence-corrected chi connectivity index (χ3v) is 7.56. The highest BCUT2D eigenvalue weighted by Crippen LogP contribution is 2.33. The summed E-state index contributed by atoms with van der Waals surface area (Å²) < 4.78 is 10.8. The maximum atomic E-state index is 13.3. The third kappa shape index (κ3) is 5.86. The van der Waals surface area contributed by atoms with E-state index in [1.54, 1.807) is 30.9 Å². The minimum Gasteiger partial charge on any atom is -0.493 e. The fourth-order valence-corrected chi connectivity index (χ4v) is 5.45. The van der Waals surface area contributed by atoms with E-state index in [0.29, 0.717) is 31.0 Å². The van der Waals surface area contributed by atoms with Crippen LogP contribution < -0.4 is 20.1 Å². The molecule has 1 aliphatic carbocycles. The van der Waals surface area contributed by atoms with Gasteiger partial charge in [0.25, 0.3) is 0 Å². The van der Waals surface area contributed by atoms with Crippen molar-refractivity contribution < 1.29 is 19.1 Å². The van der Waals surface area contributed by atoms with Crippen LogP contribution in [-0.4, -0.2) is 55.7 Å². The van der Waals surface area contributed by atoms with Crippen LogP contribution in [0.15, 0.2) is 36.4 Å². The van der Waals surface area contributed by atoms with Gasteiger partial charge in [0.1, 0.15) is 6.04 Å². The van der Waals surface area contributed by atoms with Gasteiger partial charge in [-0.25, -0.2) is 4.79 Å². The van der Waals surface area contributed by atoms with Gasteiger partial charge < -0.3 is 25.0 Å². The summed E-state index contributed by atoms with van der Waals surface area (Å²) in [6, 6.07) is 11.4. The topological polar surface area (TPSA) is 79.9 Å². The van der Waals surface area contributed by atoms with Crippen molar-refractivity contribution in [2.24, 2.45) is 0 Å². The highest BCUT2D eigenvalue weighted by molar-refractivity contribution is 7.98. The molecule has 1 heterocycles. The zero-order chi connectivity index (χ0) is 24.8. The molecule has 0 radical (unpaired) electrons. The van der Waals surface area contributed by atoms with E-state index >= 15 is 0 Å². The van der Waals surface area contributed by atoms with Crippen LogP contribution in [0, 0.1) is 0 Å². The fourth-order valence-electron chi connectivity index (χ4n) is 4.98. The zero-order valence-electron chi connectivity index (χ0n) is 20.8. The average Bonchev–Trinajstić information content (AvgIpc) is 2.89. The lowest BCUT2D eigenvalue weighted by molar-refractivity contribution is -0.123. The molecule has 3 amide bonds. The number of hydrogen-bond acceptors (Lipinski definition) is 5. The highest BCUT2D eigenvalue weighted by atomic mass is 32.2. The molecule has 2 aromatic carbocycles. The molecule has 35 heavy (non-hydrogen) atoms. The number of rotatable bonds is 8. The second-order valence-electron chi connectivity index (χ2n) is 9.08. The number of hydrogen-bond donors (Lipinski definition) is 2. The van der Waals surface area contributed by atoms with Gasteiger partial charge in [-0.15, -0.1) is 0 Å². The molecule has 2 aromatic rings. The molecule has 188 valence electrons. The van der Waals surface area contributed by atoms with Crippen LogP contribution in [0.2, 0.25) is 0 Å². The molecule has 7 nitrogen and oxygen atoms in total. The summed E-state index contributed by atoms with van der Waals surface area (Å²) in [4.78, 5) is 28.3. The number of amides is 3. The molecule has 2 aliphatic rings. The van der Waals surface area contributed by atoms with Gasteiger partial charge in [-0.3, -0.25) is 4.79 Å². The molecular weight excluding hydrogens is 462 g/mol. The Morgan fingerprint density at radius 3 is 2.57 bits per heavy atom. The van der Waals surface area contributed by atoms with Gasteiger partial charge in [0.15, 0.2) is 11.5 Å². The van der Waals surface area contributed by atoms with Crippen molar-refractivity contribution in [2.75, 3.05) is 32.8 Å². The summed E-state index contributed by atoms with van der Waals surface area (Å²) in [6.07, 6.45) is 6.33. The summed E-state index contributed by atoms with van der Waals surface area (Å²) in [5, 5.41) is 6.25. The van der Waals surface area contributed by atoms with Crippen molar-refractivity contribution in [1.29, 1.82) is 0 Å². The molecular formula is C27H35N3O4S.